The van der Waals surface area contributed by atoms with Gasteiger partial charge in [-0.2, -0.15) is 22.0 Å². The van der Waals surface area contributed by atoms with Crippen LogP contribution in [0.5, 0.6) is 0 Å². The van der Waals surface area contributed by atoms with Gasteiger partial charge in [0.25, 0.3) is 0 Å². The first kappa shape index (κ1) is 11.7. The second-order valence-electron chi connectivity index (χ2n) is 2.13. The monoisotopic (exact) mass is 214 g/mol. The second-order valence-corrected chi connectivity index (χ2v) is 4.87. The highest BCUT2D eigenvalue weighted by molar-refractivity contribution is 6.68. The molecule has 0 unspecified atom stereocenters. The highest BCUT2D eigenvalue weighted by Crippen LogP contribution is 2.45. The van der Waals surface area contributed by atoms with E-state index in [2.05, 4.69) is 0 Å². The Morgan fingerprint density at radius 2 is 1.33 bits per heavy atom. The third kappa shape index (κ3) is 1.72. The lowest BCUT2D eigenvalue weighted by atomic mass is 10.7. The van der Waals surface area contributed by atoms with Crippen LogP contribution in [-0.4, -0.2) is 20.5 Å². The topological polar surface area (TPSA) is 0 Å². The Kier molecular flexibility index (Phi) is 2.83. The molecule has 0 rings (SSSR count). The smallest absolute Gasteiger partial charge is 0.263 e. The highest BCUT2D eigenvalue weighted by atomic mass is 28.4. The number of hydrogen-bond donors (Lipinski definition) is 0. The van der Waals surface area contributed by atoms with Gasteiger partial charge in [-0.3, -0.25) is 8.22 Å². The summed E-state index contributed by atoms with van der Waals surface area (Å²) >= 11 is 0. The molecule has 0 atom stereocenters. The van der Waals surface area contributed by atoms with Crippen molar-refractivity contribution >= 4 is 8.74 Å². The maximum absolute atomic E-state index is 12.1. The van der Waals surface area contributed by atoms with E-state index in [-0.39, 0.29) is 0 Å². The first-order chi connectivity index (χ1) is 5.06. The van der Waals surface area contributed by atoms with Crippen LogP contribution in [0, 0.1) is 0 Å². The quantitative estimate of drug-likeness (QED) is 0.376. The molecule has 0 aliphatic rings. The normalized spacial score (nSPS) is 15.0. The molecule has 0 aromatic heterocycles. The predicted octanol–water partition coefficient (Wildman–Crippen LogP) is 3.12. The van der Waals surface area contributed by atoms with Crippen LogP contribution >= 0.6 is 0 Å². The van der Waals surface area contributed by atoms with Gasteiger partial charge < -0.3 is 0 Å². The Bertz CT molecular complexity index is 159. The van der Waals surface area contributed by atoms with Gasteiger partial charge in [0, 0.05) is 6.04 Å². The summed E-state index contributed by atoms with van der Waals surface area (Å²) in [7, 11) is -6.50. The van der Waals surface area contributed by atoms with Gasteiger partial charge in [0.2, 0.25) is 0 Å². The molecule has 0 saturated heterocycles. The fourth-order valence-electron chi connectivity index (χ4n) is 0.429. The number of alkyl halides is 5. The zero-order valence-corrected chi connectivity index (χ0v) is 6.85. The molecule has 0 aliphatic carbocycles. The van der Waals surface area contributed by atoms with E-state index in [1.54, 1.807) is 0 Å². The SMILES string of the molecule is CC[Si](F)(F)C(F)(F)C(F)(F)F. The molecule has 0 fully saturated rings. The lowest BCUT2D eigenvalue weighted by Gasteiger charge is -2.24. The molecular weight excluding hydrogens is 209 g/mol. The van der Waals surface area contributed by atoms with Crippen LogP contribution in [0.15, 0.2) is 0 Å². The van der Waals surface area contributed by atoms with Crippen molar-refractivity contribution in [3.8, 4) is 0 Å². The van der Waals surface area contributed by atoms with Crippen LogP contribution in [0.1, 0.15) is 6.92 Å². The van der Waals surface area contributed by atoms with Crippen molar-refractivity contribution in [2.75, 3.05) is 0 Å². The summed E-state index contributed by atoms with van der Waals surface area (Å²) in [6.45, 7) is 0.617. The Balaban J connectivity index is 4.85. The van der Waals surface area contributed by atoms with E-state index in [1.165, 1.54) is 0 Å². The van der Waals surface area contributed by atoms with Gasteiger partial charge in [-0.05, 0) is 0 Å². The van der Waals surface area contributed by atoms with Gasteiger partial charge in [0.05, 0.1) is 0 Å². The summed E-state index contributed by atoms with van der Waals surface area (Å²) in [5, 5.41) is 0. The summed E-state index contributed by atoms with van der Waals surface area (Å²) in [5.74, 6) is 0. The van der Waals surface area contributed by atoms with E-state index in [0.717, 1.165) is 0 Å². The molecule has 0 nitrogen and oxygen atoms in total. The van der Waals surface area contributed by atoms with Crippen molar-refractivity contribution in [2.45, 2.75) is 24.7 Å². The fraction of sp³-hybridized carbons (Fsp3) is 1.00. The molecule has 0 aliphatic heterocycles. The van der Waals surface area contributed by atoms with Gasteiger partial charge in [-0.15, -0.1) is 0 Å². The summed E-state index contributed by atoms with van der Waals surface area (Å²) in [4.78, 5) is 0. The summed E-state index contributed by atoms with van der Waals surface area (Å²) in [5.41, 5.74) is -5.81. The van der Waals surface area contributed by atoms with E-state index in [0.29, 0.717) is 6.92 Å². The summed E-state index contributed by atoms with van der Waals surface area (Å²) < 4.78 is 81.9. The van der Waals surface area contributed by atoms with E-state index in [9.17, 15) is 30.2 Å². The molecule has 0 heterocycles. The molecule has 0 aromatic rings. The minimum Gasteiger partial charge on any atom is -0.263 e. The third-order valence-corrected chi connectivity index (χ3v) is 3.35. The van der Waals surface area contributed by atoms with Crippen LogP contribution in [0.4, 0.5) is 30.2 Å². The van der Waals surface area contributed by atoms with Crippen LogP contribution < -0.4 is 0 Å². The number of hydrogen-bond acceptors (Lipinski definition) is 0. The zero-order chi connectivity index (χ0) is 10.2. The van der Waals surface area contributed by atoms with Crippen molar-refractivity contribution in [3.63, 3.8) is 0 Å². The van der Waals surface area contributed by atoms with Crippen LogP contribution in [0.3, 0.4) is 0 Å². The van der Waals surface area contributed by atoms with Crippen molar-refractivity contribution in [3.05, 3.63) is 0 Å². The standard InChI is InChI=1S/C4H5F7Si/c1-2-12(10,11)4(8,9)3(5,6)7/h2H2,1H3. The largest absolute Gasteiger partial charge is 0.504 e. The Morgan fingerprint density at radius 1 is 1.00 bits per heavy atom. The lowest BCUT2D eigenvalue weighted by Crippen LogP contribution is -2.55. The molecule has 0 amide bonds. The number of halogens is 7. The van der Waals surface area contributed by atoms with Gasteiger partial charge in [-0.1, -0.05) is 6.92 Å². The molecule has 0 bridgehead atoms. The zero-order valence-electron chi connectivity index (χ0n) is 5.85. The average Bonchev–Trinajstić information content (AvgIpc) is 1.85. The van der Waals surface area contributed by atoms with Crippen LogP contribution in [-0.2, 0) is 0 Å². The van der Waals surface area contributed by atoms with E-state index in [4.69, 9.17) is 0 Å². The fourth-order valence-corrected chi connectivity index (χ4v) is 1.29. The first-order valence-corrected chi connectivity index (χ1v) is 4.85. The van der Waals surface area contributed by atoms with E-state index >= 15 is 0 Å². The summed E-state index contributed by atoms with van der Waals surface area (Å²) in [6, 6.07) is -1.42. The minimum atomic E-state index is -6.50. The lowest BCUT2D eigenvalue weighted by molar-refractivity contribution is -0.253. The van der Waals surface area contributed by atoms with Gasteiger partial charge >= 0.3 is 20.5 Å². The maximum Gasteiger partial charge on any atom is 0.504 e. The maximum atomic E-state index is 12.1. The van der Waals surface area contributed by atoms with Gasteiger partial charge in [-0.25, -0.2) is 0 Å². The molecule has 0 radical (unpaired) electrons. The Labute approximate surface area is 64.7 Å². The van der Waals surface area contributed by atoms with Gasteiger partial charge in [0.1, 0.15) is 0 Å². The van der Waals surface area contributed by atoms with Gasteiger partial charge in [0.15, 0.2) is 0 Å². The molecule has 0 N–H and O–H groups in total. The summed E-state index contributed by atoms with van der Waals surface area (Å²) in [6.07, 6.45) is -6.14. The molecule has 8 heteroatoms. The molecule has 12 heavy (non-hydrogen) atoms. The average molecular weight is 214 g/mol. The minimum absolute atomic E-state index is 0.617. The Hall–Kier alpha value is -0.273. The Morgan fingerprint density at radius 3 is 1.42 bits per heavy atom. The van der Waals surface area contributed by atoms with E-state index < -0.39 is 26.5 Å². The number of rotatable bonds is 2. The molecule has 74 valence electrons. The van der Waals surface area contributed by atoms with Crippen molar-refractivity contribution in [1.82, 2.24) is 0 Å². The molecule has 0 aromatic carbocycles. The predicted molar refractivity (Wildman–Crippen MR) is 29.5 cm³/mol. The molecular formula is C4H5F7Si. The first-order valence-electron chi connectivity index (χ1n) is 2.88. The van der Waals surface area contributed by atoms with Crippen molar-refractivity contribution in [2.24, 2.45) is 0 Å². The van der Waals surface area contributed by atoms with Crippen LogP contribution in [0.25, 0.3) is 0 Å². The molecule has 0 saturated carbocycles. The molecule has 0 spiro atoms. The van der Waals surface area contributed by atoms with Crippen molar-refractivity contribution < 1.29 is 30.2 Å². The second kappa shape index (κ2) is 2.89. The third-order valence-electron chi connectivity index (χ3n) is 1.26. The highest BCUT2D eigenvalue weighted by Gasteiger charge is 2.74. The van der Waals surface area contributed by atoms with Crippen molar-refractivity contribution in [1.29, 1.82) is 0 Å². The van der Waals surface area contributed by atoms with Crippen LogP contribution in [0.2, 0.25) is 6.04 Å². The van der Waals surface area contributed by atoms with E-state index in [1.807, 2.05) is 0 Å².